The fourth-order valence-electron chi connectivity index (χ4n) is 3.43. The summed E-state index contributed by atoms with van der Waals surface area (Å²) in [5.41, 5.74) is 2.35. The SMILES string of the molecule is CCOc1ccc(C(=O)NCc2ccc(Cl)cc2)cc1COc1ccc2ccccc2c1. The molecule has 4 aromatic carbocycles. The Kier molecular flexibility index (Phi) is 6.93. The van der Waals surface area contributed by atoms with Gasteiger partial charge in [0.2, 0.25) is 0 Å². The van der Waals surface area contributed by atoms with Gasteiger partial charge in [-0.1, -0.05) is 54.1 Å². The number of hydrogen-bond donors (Lipinski definition) is 1. The van der Waals surface area contributed by atoms with Crippen LogP contribution < -0.4 is 14.8 Å². The molecule has 1 amide bonds. The third-order valence-electron chi connectivity index (χ3n) is 5.10. The van der Waals surface area contributed by atoms with E-state index in [-0.39, 0.29) is 5.91 Å². The molecule has 0 aromatic heterocycles. The minimum absolute atomic E-state index is 0.157. The van der Waals surface area contributed by atoms with E-state index >= 15 is 0 Å². The van der Waals surface area contributed by atoms with Crippen LogP contribution in [0.3, 0.4) is 0 Å². The molecule has 4 nitrogen and oxygen atoms in total. The number of amides is 1. The van der Waals surface area contributed by atoms with Gasteiger partial charge in [0, 0.05) is 22.7 Å². The van der Waals surface area contributed by atoms with Crippen LogP contribution in [0.1, 0.15) is 28.4 Å². The number of rotatable bonds is 8. The maximum absolute atomic E-state index is 12.7. The molecule has 0 atom stereocenters. The number of carbonyl (C=O) groups is 1. The molecule has 0 bridgehead atoms. The van der Waals surface area contributed by atoms with Crippen molar-refractivity contribution >= 4 is 28.3 Å². The van der Waals surface area contributed by atoms with Gasteiger partial charge < -0.3 is 14.8 Å². The fraction of sp³-hybridized carbons (Fsp3) is 0.148. The van der Waals surface area contributed by atoms with Crippen LogP contribution >= 0.6 is 11.6 Å². The van der Waals surface area contributed by atoms with Crippen molar-refractivity contribution in [1.29, 1.82) is 0 Å². The van der Waals surface area contributed by atoms with Crippen molar-refractivity contribution < 1.29 is 14.3 Å². The Morgan fingerprint density at radius 3 is 2.44 bits per heavy atom. The molecule has 162 valence electrons. The van der Waals surface area contributed by atoms with Crippen LogP contribution in [0, 0.1) is 0 Å². The fourth-order valence-corrected chi connectivity index (χ4v) is 3.56. The summed E-state index contributed by atoms with van der Waals surface area (Å²) < 4.78 is 11.8. The molecule has 0 fully saturated rings. The van der Waals surface area contributed by atoms with Gasteiger partial charge in [-0.05, 0) is 65.7 Å². The van der Waals surface area contributed by atoms with E-state index in [9.17, 15) is 4.79 Å². The highest BCUT2D eigenvalue weighted by Gasteiger charge is 2.12. The van der Waals surface area contributed by atoms with Gasteiger partial charge in [0.15, 0.2) is 0 Å². The molecule has 4 rings (SSSR count). The van der Waals surface area contributed by atoms with Crippen LogP contribution in [0.25, 0.3) is 10.8 Å². The van der Waals surface area contributed by atoms with E-state index in [0.717, 1.165) is 27.6 Å². The number of benzene rings is 4. The minimum Gasteiger partial charge on any atom is -0.493 e. The van der Waals surface area contributed by atoms with Gasteiger partial charge in [0.25, 0.3) is 5.91 Å². The van der Waals surface area contributed by atoms with Gasteiger partial charge in [-0.3, -0.25) is 4.79 Å². The first-order chi connectivity index (χ1) is 15.6. The summed E-state index contributed by atoms with van der Waals surface area (Å²) in [6.07, 6.45) is 0. The lowest BCUT2D eigenvalue weighted by Crippen LogP contribution is -2.23. The second-order valence-corrected chi connectivity index (χ2v) is 7.80. The molecule has 0 unspecified atom stereocenters. The average Bonchev–Trinajstić information content (AvgIpc) is 2.83. The van der Waals surface area contributed by atoms with E-state index in [1.54, 1.807) is 6.07 Å². The summed E-state index contributed by atoms with van der Waals surface area (Å²) in [6.45, 7) is 3.18. The van der Waals surface area contributed by atoms with Gasteiger partial charge >= 0.3 is 0 Å². The van der Waals surface area contributed by atoms with Gasteiger partial charge in [-0.25, -0.2) is 0 Å². The zero-order valence-corrected chi connectivity index (χ0v) is 18.6. The summed E-state index contributed by atoms with van der Waals surface area (Å²) in [5, 5.41) is 5.89. The van der Waals surface area contributed by atoms with Crippen molar-refractivity contribution in [2.24, 2.45) is 0 Å². The van der Waals surface area contributed by atoms with Crippen molar-refractivity contribution in [1.82, 2.24) is 5.32 Å². The predicted octanol–water partition coefficient (Wildman–Crippen LogP) is 6.40. The van der Waals surface area contributed by atoms with Crippen LogP contribution in [0.5, 0.6) is 11.5 Å². The van der Waals surface area contributed by atoms with Gasteiger partial charge in [0.1, 0.15) is 18.1 Å². The Morgan fingerprint density at radius 2 is 1.66 bits per heavy atom. The molecule has 0 aliphatic carbocycles. The monoisotopic (exact) mass is 445 g/mol. The van der Waals surface area contributed by atoms with Crippen LogP contribution in [0.15, 0.2) is 84.9 Å². The summed E-state index contributed by atoms with van der Waals surface area (Å²) >= 11 is 5.92. The first-order valence-electron chi connectivity index (χ1n) is 10.5. The molecular formula is C27H24ClNO3. The number of hydrogen-bond acceptors (Lipinski definition) is 3. The lowest BCUT2D eigenvalue weighted by molar-refractivity contribution is 0.0950. The smallest absolute Gasteiger partial charge is 0.251 e. The van der Waals surface area contributed by atoms with Crippen molar-refractivity contribution in [3.8, 4) is 11.5 Å². The number of carbonyl (C=O) groups excluding carboxylic acids is 1. The Bertz CT molecular complexity index is 1220. The first-order valence-corrected chi connectivity index (χ1v) is 10.9. The Morgan fingerprint density at radius 1 is 0.875 bits per heavy atom. The second kappa shape index (κ2) is 10.2. The van der Waals surface area contributed by atoms with E-state index in [0.29, 0.717) is 36.1 Å². The third kappa shape index (κ3) is 5.40. The van der Waals surface area contributed by atoms with Crippen molar-refractivity contribution in [2.75, 3.05) is 6.61 Å². The highest BCUT2D eigenvalue weighted by Crippen LogP contribution is 2.25. The van der Waals surface area contributed by atoms with E-state index in [1.807, 2.05) is 73.7 Å². The summed E-state index contributed by atoms with van der Waals surface area (Å²) in [5.74, 6) is 1.32. The zero-order chi connectivity index (χ0) is 22.3. The maximum atomic E-state index is 12.7. The molecule has 0 spiro atoms. The molecular weight excluding hydrogens is 422 g/mol. The second-order valence-electron chi connectivity index (χ2n) is 7.36. The first kappa shape index (κ1) is 21.7. The topological polar surface area (TPSA) is 47.6 Å². The lowest BCUT2D eigenvalue weighted by atomic mass is 10.1. The predicted molar refractivity (Wildman–Crippen MR) is 129 cm³/mol. The normalized spacial score (nSPS) is 10.7. The quantitative estimate of drug-likeness (QED) is 0.341. The largest absolute Gasteiger partial charge is 0.493 e. The molecule has 0 heterocycles. The summed E-state index contributed by atoms with van der Waals surface area (Å²) in [6, 6.07) is 26.9. The molecule has 5 heteroatoms. The van der Waals surface area contributed by atoms with Crippen molar-refractivity contribution in [3.05, 3.63) is 107 Å². The lowest BCUT2D eigenvalue weighted by Gasteiger charge is -2.14. The average molecular weight is 446 g/mol. The summed E-state index contributed by atoms with van der Waals surface area (Å²) in [4.78, 5) is 12.7. The van der Waals surface area contributed by atoms with Crippen LogP contribution in [0.2, 0.25) is 5.02 Å². The van der Waals surface area contributed by atoms with Crippen LogP contribution in [-0.4, -0.2) is 12.5 Å². The number of nitrogens with one attached hydrogen (secondary N) is 1. The Hall–Kier alpha value is -3.50. The van der Waals surface area contributed by atoms with E-state index in [2.05, 4.69) is 17.4 Å². The van der Waals surface area contributed by atoms with Gasteiger partial charge in [-0.2, -0.15) is 0 Å². The van der Waals surface area contributed by atoms with E-state index < -0.39 is 0 Å². The molecule has 0 saturated carbocycles. The standard InChI is InChI=1S/C27H24ClNO3/c1-2-31-26-14-10-22(27(30)29-17-19-7-11-24(28)12-8-19)15-23(26)18-32-25-13-9-20-5-3-4-6-21(20)16-25/h3-16H,2,17-18H2,1H3,(H,29,30). The Labute approximate surface area is 192 Å². The zero-order valence-electron chi connectivity index (χ0n) is 17.8. The minimum atomic E-state index is -0.157. The van der Waals surface area contributed by atoms with Gasteiger partial charge in [0.05, 0.1) is 6.61 Å². The maximum Gasteiger partial charge on any atom is 0.251 e. The molecule has 32 heavy (non-hydrogen) atoms. The van der Waals surface area contributed by atoms with E-state index in [1.165, 1.54) is 0 Å². The van der Waals surface area contributed by atoms with Gasteiger partial charge in [-0.15, -0.1) is 0 Å². The summed E-state index contributed by atoms with van der Waals surface area (Å²) in [7, 11) is 0. The molecule has 4 aromatic rings. The highest BCUT2D eigenvalue weighted by molar-refractivity contribution is 6.30. The molecule has 1 N–H and O–H groups in total. The molecule has 0 aliphatic heterocycles. The molecule has 0 aliphatic rings. The van der Waals surface area contributed by atoms with Crippen molar-refractivity contribution in [3.63, 3.8) is 0 Å². The number of halogens is 1. The number of ether oxygens (including phenoxy) is 2. The Balaban J connectivity index is 1.47. The van der Waals surface area contributed by atoms with Crippen molar-refractivity contribution in [2.45, 2.75) is 20.1 Å². The van der Waals surface area contributed by atoms with E-state index in [4.69, 9.17) is 21.1 Å². The van der Waals surface area contributed by atoms with Crippen LogP contribution in [0.4, 0.5) is 0 Å². The number of fused-ring (bicyclic) bond motifs is 1. The third-order valence-corrected chi connectivity index (χ3v) is 5.36. The highest BCUT2D eigenvalue weighted by atomic mass is 35.5. The molecule has 0 saturated heterocycles. The van der Waals surface area contributed by atoms with Crippen LogP contribution in [-0.2, 0) is 13.2 Å². The molecule has 0 radical (unpaired) electrons.